The first-order chi connectivity index (χ1) is 16.7. The molecule has 3 aromatic rings. The molecule has 5 heteroatoms. The van der Waals surface area contributed by atoms with Crippen LogP contribution in [0.4, 0.5) is 0 Å². The van der Waals surface area contributed by atoms with E-state index in [9.17, 15) is 10.1 Å². The van der Waals surface area contributed by atoms with Gasteiger partial charge >= 0.3 is 0 Å². The number of rotatable bonds is 7. The van der Waals surface area contributed by atoms with Gasteiger partial charge in [0.1, 0.15) is 5.82 Å². The molecule has 170 valence electrons. The minimum Gasteiger partial charge on any atom is -0.269 e. The van der Waals surface area contributed by atoms with E-state index in [4.69, 9.17) is 4.98 Å². The molecule has 0 fully saturated rings. The molecule has 5 nitrogen and oxygen atoms in total. The first-order valence-corrected chi connectivity index (χ1v) is 11.8. The smallest absolute Gasteiger partial charge is 0.261 e. The van der Waals surface area contributed by atoms with Crippen molar-refractivity contribution in [1.82, 2.24) is 9.55 Å². The van der Waals surface area contributed by atoms with Crippen LogP contribution in [0.15, 0.2) is 76.7 Å². The third kappa shape index (κ3) is 4.82. The second-order valence-electron chi connectivity index (χ2n) is 8.28. The van der Waals surface area contributed by atoms with Crippen LogP contribution < -0.4 is 5.56 Å². The number of nitriles is 1. The SMILES string of the molecule is CCCc1nc(CC)n(C2=CN=CC=CC2)c(=O)c1Cc1ccc(-c2ccccc2C#N)cc1. The van der Waals surface area contributed by atoms with Gasteiger partial charge in [-0.15, -0.1) is 0 Å². The van der Waals surface area contributed by atoms with E-state index in [1.807, 2.05) is 67.6 Å². The van der Waals surface area contributed by atoms with Crippen molar-refractivity contribution in [3.63, 3.8) is 0 Å². The molecule has 0 saturated carbocycles. The Morgan fingerprint density at radius 2 is 1.88 bits per heavy atom. The quantitative estimate of drug-likeness (QED) is 0.464. The maximum absolute atomic E-state index is 13.8. The molecule has 0 unspecified atom stereocenters. The van der Waals surface area contributed by atoms with E-state index in [0.717, 1.165) is 52.3 Å². The van der Waals surface area contributed by atoms with Crippen LogP contribution in [0.5, 0.6) is 0 Å². The highest BCUT2D eigenvalue weighted by Crippen LogP contribution is 2.24. The molecule has 0 atom stereocenters. The summed E-state index contributed by atoms with van der Waals surface area (Å²) in [6.45, 7) is 4.14. The van der Waals surface area contributed by atoms with Gasteiger partial charge in [0.2, 0.25) is 0 Å². The topological polar surface area (TPSA) is 71.0 Å². The Labute approximate surface area is 200 Å². The van der Waals surface area contributed by atoms with Crippen molar-refractivity contribution >= 4 is 11.9 Å². The lowest BCUT2D eigenvalue weighted by Crippen LogP contribution is -2.30. The van der Waals surface area contributed by atoms with E-state index in [2.05, 4.69) is 18.0 Å². The summed E-state index contributed by atoms with van der Waals surface area (Å²) in [5.74, 6) is 0.775. The molecule has 2 heterocycles. The summed E-state index contributed by atoms with van der Waals surface area (Å²) in [5.41, 5.74) is 6.04. The summed E-state index contributed by atoms with van der Waals surface area (Å²) in [7, 11) is 0. The van der Waals surface area contributed by atoms with Crippen LogP contribution in [-0.2, 0) is 19.3 Å². The molecule has 0 amide bonds. The van der Waals surface area contributed by atoms with Crippen molar-refractivity contribution in [3.05, 3.63) is 105 Å². The molecule has 4 rings (SSSR count). The number of hydrogen-bond donors (Lipinski definition) is 0. The molecule has 2 aromatic carbocycles. The average molecular weight is 449 g/mol. The molecular weight excluding hydrogens is 420 g/mol. The molecule has 0 saturated heterocycles. The fourth-order valence-corrected chi connectivity index (χ4v) is 4.27. The zero-order chi connectivity index (χ0) is 23.9. The summed E-state index contributed by atoms with van der Waals surface area (Å²) in [6, 6.07) is 18.0. The van der Waals surface area contributed by atoms with Gasteiger partial charge in [-0.05, 0) is 35.3 Å². The summed E-state index contributed by atoms with van der Waals surface area (Å²) >= 11 is 0. The van der Waals surface area contributed by atoms with Crippen molar-refractivity contribution in [2.45, 2.75) is 46.0 Å². The molecule has 34 heavy (non-hydrogen) atoms. The summed E-state index contributed by atoms with van der Waals surface area (Å²) in [5, 5.41) is 9.42. The van der Waals surface area contributed by atoms with Crippen LogP contribution >= 0.6 is 0 Å². The van der Waals surface area contributed by atoms with Crippen molar-refractivity contribution in [2.24, 2.45) is 4.99 Å². The zero-order valence-electron chi connectivity index (χ0n) is 19.7. The third-order valence-corrected chi connectivity index (χ3v) is 5.97. The Morgan fingerprint density at radius 3 is 2.62 bits per heavy atom. The zero-order valence-corrected chi connectivity index (χ0v) is 19.7. The summed E-state index contributed by atoms with van der Waals surface area (Å²) < 4.78 is 1.75. The first-order valence-electron chi connectivity index (χ1n) is 11.8. The number of allylic oxidation sites excluding steroid dienone is 3. The van der Waals surface area contributed by atoms with Crippen molar-refractivity contribution in [2.75, 3.05) is 0 Å². The Bertz CT molecular complexity index is 1370. The van der Waals surface area contributed by atoms with Gasteiger partial charge in [0, 0.05) is 42.9 Å². The molecular formula is C29H28N4O. The molecule has 1 aliphatic heterocycles. The lowest BCUT2D eigenvalue weighted by molar-refractivity contribution is 0.747. The van der Waals surface area contributed by atoms with E-state index in [1.54, 1.807) is 17.0 Å². The fourth-order valence-electron chi connectivity index (χ4n) is 4.27. The van der Waals surface area contributed by atoms with Crippen LogP contribution in [0.2, 0.25) is 0 Å². The second kappa shape index (κ2) is 10.7. The minimum atomic E-state index is -0.00838. The maximum Gasteiger partial charge on any atom is 0.261 e. The molecule has 0 radical (unpaired) electrons. The van der Waals surface area contributed by atoms with E-state index in [0.29, 0.717) is 24.8 Å². The molecule has 0 bridgehead atoms. The van der Waals surface area contributed by atoms with Gasteiger partial charge in [-0.3, -0.25) is 14.4 Å². The fraction of sp³-hybridized carbons (Fsp3) is 0.241. The van der Waals surface area contributed by atoms with E-state index < -0.39 is 0 Å². The maximum atomic E-state index is 13.8. The molecule has 1 aliphatic rings. The molecule has 0 N–H and O–H groups in total. The Kier molecular flexibility index (Phi) is 7.29. The number of aromatic nitrogens is 2. The van der Waals surface area contributed by atoms with Gasteiger partial charge in [-0.25, -0.2) is 4.98 Å². The van der Waals surface area contributed by atoms with Crippen LogP contribution in [0.1, 0.15) is 54.9 Å². The van der Waals surface area contributed by atoms with Gasteiger partial charge in [0.15, 0.2) is 0 Å². The van der Waals surface area contributed by atoms with Gasteiger partial charge < -0.3 is 0 Å². The largest absolute Gasteiger partial charge is 0.269 e. The predicted molar refractivity (Wildman–Crippen MR) is 138 cm³/mol. The average Bonchev–Trinajstić information content (AvgIpc) is 3.16. The monoisotopic (exact) mass is 448 g/mol. The number of aliphatic imine (C=N–C) groups is 1. The van der Waals surface area contributed by atoms with Gasteiger partial charge in [-0.2, -0.15) is 5.26 Å². The van der Waals surface area contributed by atoms with E-state index >= 15 is 0 Å². The van der Waals surface area contributed by atoms with Gasteiger partial charge in [0.25, 0.3) is 5.56 Å². The highest BCUT2D eigenvalue weighted by molar-refractivity contribution is 5.74. The predicted octanol–water partition coefficient (Wildman–Crippen LogP) is 5.72. The lowest BCUT2D eigenvalue weighted by atomic mass is 9.97. The van der Waals surface area contributed by atoms with Crippen LogP contribution in [0.3, 0.4) is 0 Å². The highest BCUT2D eigenvalue weighted by atomic mass is 16.1. The standard InChI is InChI=1S/C29H28N4O/c1-3-9-27-26(29(34)33(28(4-2)32-27)24-11-7-8-17-31-20-24)18-21-13-15-22(16-14-21)25-12-6-5-10-23(25)19-30/h5-8,10,12-17,20H,3-4,9,11,18H2,1-2H3. The van der Waals surface area contributed by atoms with Crippen molar-refractivity contribution in [1.29, 1.82) is 5.26 Å². The van der Waals surface area contributed by atoms with E-state index in [-0.39, 0.29) is 5.56 Å². The normalized spacial score (nSPS) is 12.8. The van der Waals surface area contributed by atoms with Gasteiger partial charge in [-0.1, -0.05) is 68.8 Å². The van der Waals surface area contributed by atoms with E-state index in [1.165, 1.54) is 0 Å². The Balaban J connectivity index is 1.75. The lowest BCUT2D eigenvalue weighted by Gasteiger charge is -2.18. The van der Waals surface area contributed by atoms with Crippen LogP contribution in [0.25, 0.3) is 16.8 Å². The number of hydrogen-bond acceptors (Lipinski definition) is 4. The van der Waals surface area contributed by atoms with Crippen LogP contribution in [0, 0.1) is 11.3 Å². The molecule has 1 aromatic heterocycles. The van der Waals surface area contributed by atoms with Crippen LogP contribution in [-0.4, -0.2) is 15.8 Å². The minimum absolute atomic E-state index is 0.00838. The van der Waals surface area contributed by atoms with Gasteiger partial charge in [0.05, 0.1) is 17.3 Å². The highest BCUT2D eigenvalue weighted by Gasteiger charge is 2.18. The van der Waals surface area contributed by atoms with Crippen molar-refractivity contribution < 1.29 is 0 Å². The van der Waals surface area contributed by atoms with Crippen molar-refractivity contribution in [3.8, 4) is 17.2 Å². The molecule has 0 spiro atoms. The Morgan fingerprint density at radius 1 is 1.09 bits per heavy atom. The number of benzene rings is 2. The summed E-state index contributed by atoms with van der Waals surface area (Å²) in [6.07, 6.45) is 10.9. The first kappa shape index (κ1) is 23.1. The Hall–Kier alpha value is -4.04. The molecule has 0 aliphatic carbocycles. The third-order valence-electron chi connectivity index (χ3n) is 5.97. The number of nitrogens with zero attached hydrogens (tertiary/aromatic N) is 4. The second-order valence-corrected chi connectivity index (χ2v) is 8.28. The number of aryl methyl sites for hydroxylation is 2. The summed E-state index contributed by atoms with van der Waals surface area (Å²) in [4.78, 5) is 23.0.